The standard InChI is InChI=1S/C21H24F2N2O6S/c1-13(30-12-16-3-2-10-29-16)18(26)24-8-9-25-19(27)17(32-21(25)28)11-14-4-6-15(7-5-14)31-20(22)23/h4-7,11,13,16,20H,2-3,8-10,12H2,1H3,(H,24,26)/b17-11+. The molecule has 0 aromatic heterocycles. The van der Waals surface area contributed by atoms with Crippen LogP contribution in [-0.4, -0.2) is 67.1 Å². The van der Waals surface area contributed by atoms with E-state index in [4.69, 9.17) is 9.47 Å². The van der Waals surface area contributed by atoms with Crippen molar-refractivity contribution in [3.8, 4) is 5.75 Å². The third kappa shape index (κ3) is 6.75. The summed E-state index contributed by atoms with van der Waals surface area (Å²) in [6, 6.07) is 5.70. The number of thioether (sulfide) groups is 1. The zero-order chi connectivity index (χ0) is 23.1. The number of alkyl halides is 2. The molecule has 2 heterocycles. The number of halogens is 2. The van der Waals surface area contributed by atoms with Crippen molar-refractivity contribution < 1.29 is 37.4 Å². The smallest absolute Gasteiger partial charge is 0.387 e. The van der Waals surface area contributed by atoms with Crippen LogP contribution in [-0.2, 0) is 19.1 Å². The number of nitrogens with one attached hydrogen (secondary N) is 1. The molecule has 1 aromatic rings. The Kier molecular flexibility index (Phi) is 8.60. The molecule has 32 heavy (non-hydrogen) atoms. The molecular formula is C21H24F2N2O6S. The molecule has 2 atom stereocenters. The van der Waals surface area contributed by atoms with E-state index < -0.39 is 23.9 Å². The molecule has 1 aromatic carbocycles. The number of rotatable bonds is 10. The van der Waals surface area contributed by atoms with E-state index in [0.717, 1.165) is 29.5 Å². The van der Waals surface area contributed by atoms with Crippen molar-refractivity contribution in [2.75, 3.05) is 26.3 Å². The molecule has 2 aliphatic heterocycles. The van der Waals surface area contributed by atoms with E-state index in [1.165, 1.54) is 30.3 Å². The summed E-state index contributed by atoms with van der Waals surface area (Å²) < 4.78 is 39.7. The van der Waals surface area contributed by atoms with Gasteiger partial charge in [-0.25, -0.2) is 0 Å². The van der Waals surface area contributed by atoms with Gasteiger partial charge in [-0.15, -0.1) is 0 Å². The largest absolute Gasteiger partial charge is 0.435 e. The number of nitrogens with zero attached hydrogens (tertiary/aromatic N) is 1. The first-order chi connectivity index (χ1) is 15.3. The number of benzene rings is 1. The molecule has 2 unspecified atom stereocenters. The quantitative estimate of drug-likeness (QED) is 0.526. The van der Waals surface area contributed by atoms with Gasteiger partial charge in [0.15, 0.2) is 0 Å². The summed E-state index contributed by atoms with van der Waals surface area (Å²) in [6.07, 6.45) is 2.73. The zero-order valence-corrected chi connectivity index (χ0v) is 18.2. The van der Waals surface area contributed by atoms with E-state index in [2.05, 4.69) is 10.1 Å². The van der Waals surface area contributed by atoms with Crippen LogP contribution in [0.25, 0.3) is 6.08 Å². The van der Waals surface area contributed by atoms with E-state index in [1.54, 1.807) is 6.92 Å². The van der Waals surface area contributed by atoms with Gasteiger partial charge < -0.3 is 19.5 Å². The van der Waals surface area contributed by atoms with Gasteiger partial charge in [0.25, 0.3) is 11.1 Å². The van der Waals surface area contributed by atoms with Gasteiger partial charge in [-0.05, 0) is 55.3 Å². The maximum absolute atomic E-state index is 12.5. The van der Waals surface area contributed by atoms with Crippen LogP contribution in [0.15, 0.2) is 29.2 Å². The van der Waals surface area contributed by atoms with E-state index >= 15 is 0 Å². The molecule has 0 bridgehead atoms. The molecule has 11 heteroatoms. The summed E-state index contributed by atoms with van der Waals surface area (Å²) >= 11 is 0.775. The minimum Gasteiger partial charge on any atom is -0.435 e. The maximum atomic E-state index is 12.5. The second-order valence-electron chi connectivity index (χ2n) is 7.18. The van der Waals surface area contributed by atoms with Gasteiger partial charge in [0.1, 0.15) is 11.9 Å². The second-order valence-corrected chi connectivity index (χ2v) is 8.18. The van der Waals surface area contributed by atoms with Crippen molar-refractivity contribution in [1.82, 2.24) is 10.2 Å². The molecule has 2 fully saturated rings. The number of hydrogen-bond acceptors (Lipinski definition) is 7. The lowest BCUT2D eigenvalue weighted by molar-refractivity contribution is -0.134. The first-order valence-electron chi connectivity index (χ1n) is 10.1. The van der Waals surface area contributed by atoms with Crippen LogP contribution in [0.2, 0.25) is 0 Å². The molecule has 2 saturated heterocycles. The van der Waals surface area contributed by atoms with E-state index in [1.807, 2.05) is 0 Å². The highest BCUT2D eigenvalue weighted by Gasteiger charge is 2.34. The minimum absolute atomic E-state index is 0.00466. The van der Waals surface area contributed by atoms with Crippen LogP contribution in [0.5, 0.6) is 5.75 Å². The van der Waals surface area contributed by atoms with Gasteiger partial charge in [-0.3, -0.25) is 19.3 Å². The molecular weight excluding hydrogens is 446 g/mol. The maximum Gasteiger partial charge on any atom is 0.387 e. The fourth-order valence-electron chi connectivity index (χ4n) is 3.13. The average molecular weight is 470 g/mol. The summed E-state index contributed by atoms with van der Waals surface area (Å²) in [4.78, 5) is 38.1. The van der Waals surface area contributed by atoms with Crippen LogP contribution >= 0.6 is 11.8 Å². The Morgan fingerprint density at radius 3 is 2.75 bits per heavy atom. The summed E-state index contributed by atoms with van der Waals surface area (Å²) in [6.45, 7) is -0.124. The van der Waals surface area contributed by atoms with Crippen molar-refractivity contribution >= 4 is 34.9 Å². The van der Waals surface area contributed by atoms with Gasteiger partial charge in [0, 0.05) is 19.7 Å². The average Bonchev–Trinajstić information content (AvgIpc) is 3.36. The van der Waals surface area contributed by atoms with Crippen LogP contribution in [0.1, 0.15) is 25.3 Å². The number of carbonyl (C=O) groups excluding carboxylic acids is 3. The molecule has 3 rings (SSSR count). The van der Waals surface area contributed by atoms with Gasteiger partial charge in [0.2, 0.25) is 5.91 Å². The summed E-state index contributed by atoms with van der Waals surface area (Å²) in [5, 5.41) is 2.21. The first kappa shape index (κ1) is 24.1. The van der Waals surface area contributed by atoms with Crippen molar-refractivity contribution in [3.63, 3.8) is 0 Å². The molecule has 2 aliphatic rings. The van der Waals surface area contributed by atoms with Crippen LogP contribution in [0, 0.1) is 0 Å². The summed E-state index contributed by atoms with van der Waals surface area (Å²) in [5.41, 5.74) is 0.558. The Morgan fingerprint density at radius 2 is 2.09 bits per heavy atom. The van der Waals surface area contributed by atoms with E-state index in [9.17, 15) is 23.2 Å². The van der Waals surface area contributed by atoms with Gasteiger partial charge in [-0.1, -0.05) is 12.1 Å². The predicted molar refractivity (Wildman–Crippen MR) is 113 cm³/mol. The van der Waals surface area contributed by atoms with Crippen molar-refractivity contribution in [2.45, 2.75) is 38.6 Å². The summed E-state index contributed by atoms with van der Waals surface area (Å²) in [5.74, 6) is -0.823. The second kappa shape index (κ2) is 11.4. The van der Waals surface area contributed by atoms with Crippen molar-refractivity contribution in [3.05, 3.63) is 34.7 Å². The first-order valence-corrected chi connectivity index (χ1v) is 11.0. The number of hydrogen-bond donors (Lipinski definition) is 1. The number of amides is 3. The topological polar surface area (TPSA) is 94.2 Å². The summed E-state index contributed by atoms with van der Waals surface area (Å²) in [7, 11) is 0. The molecule has 8 nitrogen and oxygen atoms in total. The normalized spacial score (nSPS) is 20.9. The molecule has 0 aliphatic carbocycles. The highest BCUT2D eigenvalue weighted by atomic mass is 32.2. The lowest BCUT2D eigenvalue weighted by Crippen LogP contribution is -2.41. The lowest BCUT2D eigenvalue weighted by Gasteiger charge is -2.17. The molecule has 0 radical (unpaired) electrons. The highest BCUT2D eigenvalue weighted by Crippen LogP contribution is 2.32. The third-order valence-electron chi connectivity index (χ3n) is 4.84. The molecule has 0 saturated carbocycles. The molecule has 3 amide bonds. The van der Waals surface area contributed by atoms with Crippen molar-refractivity contribution in [2.24, 2.45) is 0 Å². The Labute approximate surface area is 188 Å². The lowest BCUT2D eigenvalue weighted by atomic mass is 10.2. The number of imide groups is 1. The SMILES string of the molecule is CC(OCC1CCCO1)C(=O)NCCN1C(=O)S/C(=C/c2ccc(OC(F)F)cc2)C1=O. The van der Waals surface area contributed by atoms with Crippen LogP contribution in [0.4, 0.5) is 13.6 Å². The Bertz CT molecular complexity index is 858. The van der Waals surface area contributed by atoms with Gasteiger partial charge >= 0.3 is 6.61 Å². The molecule has 174 valence electrons. The van der Waals surface area contributed by atoms with E-state index in [-0.39, 0.29) is 35.8 Å². The third-order valence-corrected chi connectivity index (χ3v) is 5.74. The number of ether oxygens (including phenoxy) is 3. The minimum atomic E-state index is -2.92. The Morgan fingerprint density at radius 1 is 1.34 bits per heavy atom. The fraction of sp³-hybridized carbons (Fsp3) is 0.476. The fourth-order valence-corrected chi connectivity index (χ4v) is 3.99. The van der Waals surface area contributed by atoms with Crippen molar-refractivity contribution in [1.29, 1.82) is 0 Å². The van der Waals surface area contributed by atoms with E-state index in [0.29, 0.717) is 18.8 Å². The van der Waals surface area contributed by atoms with Crippen LogP contribution < -0.4 is 10.1 Å². The van der Waals surface area contributed by atoms with Gasteiger partial charge in [0.05, 0.1) is 17.6 Å². The molecule has 0 spiro atoms. The molecule has 1 N–H and O–H groups in total. The monoisotopic (exact) mass is 470 g/mol. The van der Waals surface area contributed by atoms with Gasteiger partial charge in [-0.2, -0.15) is 8.78 Å². The Balaban J connectivity index is 1.46. The predicted octanol–water partition coefficient (Wildman–Crippen LogP) is 3.02. The van der Waals surface area contributed by atoms with Crippen LogP contribution in [0.3, 0.4) is 0 Å². The highest BCUT2D eigenvalue weighted by molar-refractivity contribution is 8.18. The number of carbonyl (C=O) groups is 3. The Hall–Kier alpha value is -2.50. The zero-order valence-electron chi connectivity index (χ0n) is 17.4.